The molecule has 0 radical (unpaired) electrons. The number of hydrogen-bond acceptors (Lipinski definition) is 3. The van der Waals surface area contributed by atoms with Gasteiger partial charge in [-0.05, 0) is 49.8 Å². The minimum atomic E-state index is -0.399. The average molecular weight is 401 g/mol. The fraction of sp³-hybridized carbons (Fsp3) is 0.385. The van der Waals surface area contributed by atoms with Crippen molar-refractivity contribution in [2.45, 2.75) is 44.6 Å². The summed E-state index contributed by atoms with van der Waals surface area (Å²) in [5.41, 5.74) is 4.49. The number of methoxy groups -OCH3 is 1. The highest BCUT2D eigenvalue weighted by atomic mass is 16.5. The second-order valence-corrected chi connectivity index (χ2v) is 8.73. The zero-order valence-corrected chi connectivity index (χ0v) is 17.8. The number of fused-ring (bicyclic) bond motifs is 3. The number of imidazole rings is 1. The first kappa shape index (κ1) is 19.3. The lowest BCUT2D eigenvalue weighted by Gasteiger charge is -2.51. The van der Waals surface area contributed by atoms with Crippen LogP contribution in [0.5, 0.6) is 0 Å². The van der Waals surface area contributed by atoms with E-state index in [1.165, 1.54) is 11.3 Å². The van der Waals surface area contributed by atoms with Crippen LogP contribution in [0.15, 0.2) is 60.7 Å². The molecule has 0 spiro atoms. The molecule has 4 atom stereocenters. The largest absolute Gasteiger partial charge is 0.374 e. The SMILES string of the molecule is COC1C[C@]2(c3ccccc3)c3nc(C)n(-c4ccccc4)c3CC[C@H]2[C@H](C)C1=O. The van der Waals surface area contributed by atoms with Crippen LogP contribution in [0.2, 0.25) is 0 Å². The molecule has 0 N–H and O–H groups in total. The van der Waals surface area contributed by atoms with E-state index < -0.39 is 6.10 Å². The third-order valence-corrected chi connectivity index (χ3v) is 7.35. The Hall–Kier alpha value is -2.72. The summed E-state index contributed by atoms with van der Waals surface area (Å²) < 4.78 is 8.03. The van der Waals surface area contributed by atoms with Gasteiger partial charge in [0.15, 0.2) is 5.78 Å². The molecule has 1 fully saturated rings. The van der Waals surface area contributed by atoms with Crippen molar-refractivity contribution in [2.24, 2.45) is 11.8 Å². The molecule has 2 aliphatic carbocycles. The number of ether oxygens (including phenoxy) is 1. The minimum absolute atomic E-state index is 0.0563. The third-order valence-electron chi connectivity index (χ3n) is 7.35. The van der Waals surface area contributed by atoms with E-state index in [0.29, 0.717) is 6.42 Å². The zero-order chi connectivity index (χ0) is 20.9. The van der Waals surface area contributed by atoms with Crippen LogP contribution in [0, 0.1) is 18.8 Å². The number of carbonyl (C=O) groups excluding carboxylic acids is 1. The van der Waals surface area contributed by atoms with Gasteiger partial charge in [0.2, 0.25) is 0 Å². The maximum Gasteiger partial charge on any atom is 0.164 e. The van der Waals surface area contributed by atoms with E-state index in [4.69, 9.17) is 9.72 Å². The number of carbonyl (C=O) groups is 1. The fourth-order valence-electron chi connectivity index (χ4n) is 6.01. The smallest absolute Gasteiger partial charge is 0.164 e. The topological polar surface area (TPSA) is 44.1 Å². The van der Waals surface area contributed by atoms with Crippen molar-refractivity contribution in [3.05, 3.63) is 83.4 Å². The van der Waals surface area contributed by atoms with Crippen LogP contribution < -0.4 is 0 Å². The summed E-state index contributed by atoms with van der Waals surface area (Å²) >= 11 is 0. The lowest BCUT2D eigenvalue weighted by Crippen LogP contribution is -2.55. The summed E-state index contributed by atoms with van der Waals surface area (Å²) in [6.07, 6.45) is 2.16. The Morgan fingerprint density at radius 3 is 2.40 bits per heavy atom. The summed E-state index contributed by atoms with van der Waals surface area (Å²) in [6, 6.07) is 21.1. The first-order chi connectivity index (χ1) is 14.6. The Balaban J connectivity index is 1.78. The summed E-state index contributed by atoms with van der Waals surface area (Å²) in [5.74, 6) is 1.40. The Morgan fingerprint density at radius 2 is 1.73 bits per heavy atom. The molecule has 30 heavy (non-hydrogen) atoms. The van der Waals surface area contributed by atoms with Crippen molar-refractivity contribution in [2.75, 3.05) is 7.11 Å². The molecule has 0 saturated heterocycles. The molecule has 4 heteroatoms. The highest BCUT2D eigenvalue weighted by Gasteiger charge is 2.57. The molecule has 1 unspecified atom stereocenters. The summed E-state index contributed by atoms with van der Waals surface area (Å²) in [4.78, 5) is 18.2. The van der Waals surface area contributed by atoms with Gasteiger partial charge in [-0.1, -0.05) is 55.5 Å². The van der Waals surface area contributed by atoms with Gasteiger partial charge in [-0.15, -0.1) is 0 Å². The van der Waals surface area contributed by atoms with Gasteiger partial charge < -0.3 is 9.30 Å². The average Bonchev–Trinajstić information content (AvgIpc) is 3.13. The molecule has 0 amide bonds. The number of aryl methyl sites for hydroxylation is 1. The lowest BCUT2D eigenvalue weighted by molar-refractivity contribution is -0.142. The molecule has 3 aromatic rings. The lowest BCUT2D eigenvalue weighted by atomic mass is 9.53. The van der Waals surface area contributed by atoms with Crippen molar-refractivity contribution in [1.29, 1.82) is 0 Å². The third kappa shape index (κ3) is 2.63. The number of nitrogens with zero attached hydrogens (tertiary/aromatic N) is 2. The van der Waals surface area contributed by atoms with Gasteiger partial charge >= 0.3 is 0 Å². The van der Waals surface area contributed by atoms with Crippen LogP contribution in [0.4, 0.5) is 0 Å². The van der Waals surface area contributed by atoms with Gasteiger partial charge in [-0.25, -0.2) is 4.98 Å². The van der Waals surface area contributed by atoms with Crippen molar-refractivity contribution in [1.82, 2.24) is 9.55 Å². The maximum atomic E-state index is 13.0. The predicted octanol–water partition coefficient (Wildman–Crippen LogP) is 4.65. The molecular weight excluding hydrogens is 372 g/mol. The molecule has 1 saturated carbocycles. The Kier molecular flexibility index (Phi) is 4.62. The van der Waals surface area contributed by atoms with Gasteiger partial charge in [0.05, 0.1) is 5.69 Å². The van der Waals surface area contributed by atoms with Crippen molar-refractivity contribution in [3.8, 4) is 5.69 Å². The van der Waals surface area contributed by atoms with Crippen LogP contribution in [-0.4, -0.2) is 28.5 Å². The Bertz CT molecular complexity index is 1070. The number of benzene rings is 2. The Labute approximate surface area is 177 Å². The van der Waals surface area contributed by atoms with Crippen LogP contribution >= 0.6 is 0 Å². The monoisotopic (exact) mass is 400 g/mol. The molecule has 154 valence electrons. The molecule has 2 aromatic carbocycles. The first-order valence-corrected chi connectivity index (χ1v) is 10.8. The molecule has 5 rings (SSSR count). The van der Waals surface area contributed by atoms with E-state index in [2.05, 4.69) is 73.0 Å². The van der Waals surface area contributed by atoms with Gasteiger partial charge in [0.1, 0.15) is 11.9 Å². The maximum absolute atomic E-state index is 13.0. The number of ketones is 1. The zero-order valence-electron chi connectivity index (χ0n) is 17.8. The number of aromatic nitrogens is 2. The second kappa shape index (κ2) is 7.21. The molecule has 1 aromatic heterocycles. The van der Waals surface area contributed by atoms with Gasteiger partial charge in [-0.2, -0.15) is 0 Å². The van der Waals surface area contributed by atoms with E-state index in [0.717, 1.165) is 30.0 Å². The summed E-state index contributed by atoms with van der Waals surface area (Å²) in [6.45, 7) is 4.17. The highest BCUT2D eigenvalue weighted by molar-refractivity contribution is 5.87. The number of para-hydroxylation sites is 1. The summed E-state index contributed by atoms with van der Waals surface area (Å²) in [7, 11) is 1.66. The molecule has 0 bridgehead atoms. The molecular formula is C26H28N2O2. The Morgan fingerprint density at radius 1 is 1.07 bits per heavy atom. The molecule has 1 heterocycles. The van der Waals surface area contributed by atoms with Crippen LogP contribution in [0.25, 0.3) is 5.69 Å². The molecule has 0 aliphatic heterocycles. The van der Waals surface area contributed by atoms with Crippen molar-refractivity contribution >= 4 is 5.78 Å². The van der Waals surface area contributed by atoms with E-state index in [9.17, 15) is 4.79 Å². The molecule has 4 nitrogen and oxygen atoms in total. The predicted molar refractivity (Wildman–Crippen MR) is 117 cm³/mol. The van der Waals surface area contributed by atoms with E-state index in [1.807, 2.05) is 6.07 Å². The van der Waals surface area contributed by atoms with Crippen LogP contribution in [0.1, 0.15) is 42.5 Å². The fourth-order valence-corrected chi connectivity index (χ4v) is 6.01. The number of rotatable bonds is 3. The van der Waals surface area contributed by atoms with Gasteiger partial charge in [0, 0.05) is 29.8 Å². The van der Waals surface area contributed by atoms with Crippen LogP contribution in [0.3, 0.4) is 0 Å². The number of Topliss-reactive ketones (excluding diaryl/α,β-unsaturated/α-hetero) is 1. The van der Waals surface area contributed by atoms with E-state index in [-0.39, 0.29) is 23.0 Å². The first-order valence-electron chi connectivity index (χ1n) is 10.8. The van der Waals surface area contributed by atoms with E-state index in [1.54, 1.807) is 7.11 Å². The highest BCUT2D eigenvalue weighted by Crippen LogP contribution is 2.55. The van der Waals surface area contributed by atoms with E-state index >= 15 is 0 Å². The second-order valence-electron chi connectivity index (χ2n) is 8.73. The van der Waals surface area contributed by atoms with Crippen molar-refractivity contribution < 1.29 is 9.53 Å². The number of hydrogen-bond donors (Lipinski definition) is 0. The normalized spacial score (nSPS) is 28.1. The summed E-state index contributed by atoms with van der Waals surface area (Å²) in [5, 5.41) is 0. The van der Waals surface area contributed by atoms with Gasteiger partial charge in [0.25, 0.3) is 0 Å². The quantitative estimate of drug-likeness (QED) is 0.643. The standard InChI is InChI=1S/C26H28N2O2/c1-17-21-14-15-22-25(27-18(2)28(22)20-12-8-5-9-13-20)26(21,16-23(30-3)24(17)29)19-10-6-4-7-11-19/h4-13,17,21,23H,14-16H2,1-3H3/t17-,21-,23?,26+/m0/s1. The van der Waals surface area contributed by atoms with Crippen LogP contribution in [-0.2, 0) is 21.4 Å². The van der Waals surface area contributed by atoms with Gasteiger partial charge in [-0.3, -0.25) is 4.79 Å². The van der Waals surface area contributed by atoms with Crippen molar-refractivity contribution in [3.63, 3.8) is 0 Å². The minimum Gasteiger partial charge on any atom is -0.374 e. The molecule has 2 aliphatic rings.